The van der Waals surface area contributed by atoms with Crippen molar-refractivity contribution < 1.29 is 11.0 Å². The van der Waals surface area contributed by atoms with E-state index in [1.807, 2.05) is 48.2 Å². The highest BCUT2D eigenvalue weighted by molar-refractivity contribution is 6.30. The molecule has 3 amide bonds. The molecule has 3 fully saturated rings. The molecule has 0 aromatic heterocycles. The average Bonchev–Trinajstić information content (AvgIpc) is 3.52. The minimum atomic E-state index is -0.0402. The summed E-state index contributed by atoms with van der Waals surface area (Å²) >= 11 is 6.01. The molecule has 0 bridgehead atoms. The van der Waals surface area contributed by atoms with Gasteiger partial charge in [0.15, 0.2) is 0 Å². The van der Waals surface area contributed by atoms with Crippen molar-refractivity contribution >= 4 is 34.9 Å². The van der Waals surface area contributed by atoms with E-state index in [9.17, 15) is 9.59 Å². The standard InChI is InChI=1S/C28H36ClN5O2.H2/c1-31(2)26-14-18-34(27(26)35)25-13-17-33(19-25)24-9-7-23(8-10-24)30-28(36)32-15-11-21(12-16-32)20-3-5-22(29)6-4-20;/h3-10,21,25-26H,11-19H2,1-2H3,(H,30,36);1H. The molecule has 2 unspecified atom stereocenters. The third-order valence-corrected chi connectivity index (χ3v) is 8.30. The fourth-order valence-electron chi connectivity index (χ4n) is 5.87. The summed E-state index contributed by atoms with van der Waals surface area (Å²) in [5.41, 5.74) is 3.24. The summed E-state index contributed by atoms with van der Waals surface area (Å²) in [6.07, 6.45) is 3.82. The van der Waals surface area contributed by atoms with Crippen LogP contribution in [0.3, 0.4) is 0 Å². The molecule has 2 aromatic carbocycles. The summed E-state index contributed by atoms with van der Waals surface area (Å²) in [5, 5.41) is 3.82. The molecule has 0 aliphatic carbocycles. The normalized spacial score (nSPS) is 23.1. The van der Waals surface area contributed by atoms with Crippen LogP contribution in [0.5, 0.6) is 0 Å². The van der Waals surface area contributed by atoms with Crippen LogP contribution in [0.4, 0.5) is 16.2 Å². The van der Waals surface area contributed by atoms with Gasteiger partial charge in [-0.1, -0.05) is 23.7 Å². The van der Waals surface area contributed by atoms with Crippen molar-refractivity contribution in [1.29, 1.82) is 0 Å². The van der Waals surface area contributed by atoms with Gasteiger partial charge in [-0.2, -0.15) is 0 Å². The van der Waals surface area contributed by atoms with Crippen molar-refractivity contribution in [3.63, 3.8) is 0 Å². The maximum atomic E-state index is 12.8. The van der Waals surface area contributed by atoms with Crippen molar-refractivity contribution in [3.8, 4) is 0 Å². The molecule has 0 saturated carbocycles. The minimum Gasteiger partial charge on any atom is -0.369 e. The first-order valence-electron chi connectivity index (χ1n) is 13.0. The Morgan fingerprint density at radius 3 is 2.28 bits per heavy atom. The number of urea groups is 1. The molecule has 8 heteroatoms. The number of nitrogens with one attached hydrogen (secondary N) is 1. The van der Waals surface area contributed by atoms with Crippen LogP contribution < -0.4 is 10.2 Å². The van der Waals surface area contributed by atoms with E-state index < -0.39 is 0 Å². The van der Waals surface area contributed by atoms with Gasteiger partial charge in [0.2, 0.25) is 5.91 Å². The van der Waals surface area contributed by atoms with E-state index in [-0.39, 0.29) is 25.4 Å². The van der Waals surface area contributed by atoms with E-state index in [4.69, 9.17) is 11.6 Å². The molecule has 3 heterocycles. The molecular weight excluding hydrogens is 474 g/mol. The maximum absolute atomic E-state index is 12.8. The number of halogens is 1. The Morgan fingerprint density at radius 1 is 0.944 bits per heavy atom. The van der Waals surface area contributed by atoms with Crippen LogP contribution in [0.2, 0.25) is 5.02 Å². The number of carbonyl (C=O) groups is 2. The highest BCUT2D eigenvalue weighted by Gasteiger charge is 2.39. The highest BCUT2D eigenvalue weighted by atomic mass is 35.5. The Hall–Kier alpha value is -2.77. The zero-order valence-electron chi connectivity index (χ0n) is 21.2. The number of anilines is 2. The number of piperidine rings is 1. The Kier molecular flexibility index (Phi) is 7.39. The van der Waals surface area contributed by atoms with Gasteiger partial charge in [0.05, 0.1) is 12.1 Å². The second-order valence-electron chi connectivity index (χ2n) is 10.5. The van der Waals surface area contributed by atoms with Crippen molar-refractivity contribution in [2.45, 2.75) is 43.7 Å². The molecule has 3 saturated heterocycles. The van der Waals surface area contributed by atoms with Crippen LogP contribution in [-0.2, 0) is 4.79 Å². The third-order valence-electron chi connectivity index (χ3n) is 8.05. The van der Waals surface area contributed by atoms with Gasteiger partial charge in [0.1, 0.15) is 0 Å². The molecule has 2 atom stereocenters. The summed E-state index contributed by atoms with van der Waals surface area (Å²) < 4.78 is 0. The van der Waals surface area contributed by atoms with E-state index in [1.54, 1.807) is 0 Å². The van der Waals surface area contributed by atoms with Crippen molar-refractivity contribution in [2.75, 3.05) is 57.0 Å². The van der Waals surface area contributed by atoms with Gasteiger partial charge in [-0.3, -0.25) is 9.69 Å². The smallest absolute Gasteiger partial charge is 0.321 e. The zero-order valence-corrected chi connectivity index (χ0v) is 22.0. The molecule has 194 valence electrons. The topological polar surface area (TPSA) is 59.1 Å². The lowest BCUT2D eigenvalue weighted by molar-refractivity contribution is -0.133. The molecule has 5 rings (SSSR count). The van der Waals surface area contributed by atoms with Gasteiger partial charge in [-0.05, 0) is 87.7 Å². The lowest BCUT2D eigenvalue weighted by Gasteiger charge is -2.32. The molecule has 0 radical (unpaired) electrons. The molecule has 0 spiro atoms. The second-order valence-corrected chi connectivity index (χ2v) is 10.9. The molecule has 36 heavy (non-hydrogen) atoms. The van der Waals surface area contributed by atoms with Gasteiger partial charge >= 0.3 is 6.03 Å². The Labute approximate surface area is 220 Å². The Balaban J connectivity index is 0.00000320. The fourth-order valence-corrected chi connectivity index (χ4v) is 5.99. The number of likely N-dealkylation sites (tertiary alicyclic amines) is 2. The van der Waals surface area contributed by atoms with Crippen LogP contribution >= 0.6 is 11.6 Å². The first-order chi connectivity index (χ1) is 17.4. The SMILES string of the molecule is CN(C)C1CCN(C2CCN(c3ccc(NC(=O)N4CCC(c5ccc(Cl)cc5)CC4)cc3)C2)C1=O.[HH]. The Morgan fingerprint density at radius 2 is 1.64 bits per heavy atom. The fraction of sp³-hybridized carbons (Fsp3) is 0.500. The lowest BCUT2D eigenvalue weighted by Crippen LogP contribution is -2.43. The quantitative estimate of drug-likeness (QED) is 0.630. The average molecular weight is 512 g/mol. The summed E-state index contributed by atoms with van der Waals surface area (Å²) in [7, 11) is 3.97. The molecule has 7 nitrogen and oxygen atoms in total. The zero-order chi connectivity index (χ0) is 25.2. The third kappa shape index (κ3) is 5.32. The molecule has 3 aliphatic heterocycles. The van der Waals surface area contributed by atoms with Gasteiger partial charge in [0.25, 0.3) is 0 Å². The van der Waals surface area contributed by atoms with Crippen molar-refractivity contribution in [2.24, 2.45) is 0 Å². The number of carbonyl (C=O) groups excluding carboxylic acids is 2. The van der Waals surface area contributed by atoms with Crippen molar-refractivity contribution in [3.05, 3.63) is 59.1 Å². The molecule has 2 aromatic rings. The van der Waals surface area contributed by atoms with Crippen LogP contribution in [0, 0.1) is 0 Å². The molecule has 1 N–H and O–H groups in total. The summed E-state index contributed by atoms with van der Waals surface area (Å²) in [6, 6.07) is 16.4. The largest absolute Gasteiger partial charge is 0.369 e. The predicted molar refractivity (Wildman–Crippen MR) is 147 cm³/mol. The Bertz CT molecular complexity index is 1070. The highest BCUT2D eigenvalue weighted by Crippen LogP contribution is 2.30. The summed E-state index contributed by atoms with van der Waals surface area (Å²) in [5.74, 6) is 0.738. The van der Waals surface area contributed by atoms with Gasteiger partial charge < -0.3 is 20.0 Å². The second kappa shape index (κ2) is 10.7. The first-order valence-corrected chi connectivity index (χ1v) is 13.4. The van der Waals surface area contributed by atoms with Gasteiger partial charge in [-0.25, -0.2) is 4.79 Å². The van der Waals surface area contributed by atoms with E-state index >= 15 is 0 Å². The van der Waals surface area contributed by atoms with Crippen LogP contribution in [0.15, 0.2) is 48.5 Å². The molecule has 3 aliphatic rings. The van der Waals surface area contributed by atoms with Crippen LogP contribution in [-0.4, -0.2) is 85.5 Å². The number of rotatable bonds is 5. The monoisotopic (exact) mass is 511 g/mol. The first kappa shape index (κ1) is 24.9. The van der Waals surface area contributed by atoms with Crippen molar-refractivity contribution in [1.82, 2.24) is 14.7 Å². The molecular formula is C28H38ClN5O2. The van der Waals surface area contributed by atoms with Gasteiger partial charge in [-0.15, -0.1) is 0 Å². The minimum absolute atomic E-state index is 0. The van der Waals surface area contributed by atoms with Crippen LogP contribution in [0.25, 0.3) is 0 Å². The number of hydrogen-bond acceptors (Lipinski definition) is 4. The van der Waals surface area contributed by atoms with E-state index in [0.717, 1.165) is 74.8 Å². The number of likely N-dealkylation sites (N-methyl/N-ethyl adjacent to an activating group) is 1. The lowest BCUT2D eigenvalue weighted by atomic mass is 9.89. The van der Waals surface area contributed by atoms with Crippen LogP contribution in [0.1, 0.15) is 38.6 Å². The van der Waals surface area contributed by atoms with E-state index in [1.165, 1.54) is 5.56 Å². The maximum Gasteiger partial charge on any atom is 0.321 e. The number of nitrogens with zero attached hydrogens (tertiary/aromatic N) is 4. The number of hydrogen-bond donors (Lipinski definition) is 1. The summed E-state index contributed by atoms with van der Waals surface area (Å²) in [4.78, 5) is 34.0. The predicted octanol–water partition coefficient (Wildman–Crippen LogP) is 4.74. The van der Waals surface area contributed by atoms with E-state index in [0.29, 0.717) is 5.92 Å². The van der Waals surface area contributed by atoms with Gasteiger partial charge in [0, 0.05) is 50.5 Å². The number of benzene rings is 2. The number of amides is 3. The van der Waals surface area contributed by atoms with E-state index in [2.05, 4.69) is 39.4 Å². The summed E-state index contributed by atoms with van der Waals surface area (Å²) in [6.45, 7) is 4.14.